The molecule has 0 radical (unpaired) electrons. The Kier molecular flexibility index (Phi) is 7.88. The highest BCUT2D eigenvalue weighted by Crippen LogP contribution is 2.16. The number of ether oxygens (including phenoxy) is 1. The first-order valence-corrected chi connectivity index (χ1v) is 7.03. The number of piperidine rings is 1. The van der Waals surface area contributed by atoms with Gasteiger partial charge in [0, 0.05) is 6.54 Å². The Hall–Kier alpha value is -0.840. The fraction of sp³-hybridized carbons (Fsp3) is 0.600. The molecule has 0 atom stereocenters. The van der Waals surface area contributed by atoms with Crippen LogP contribution in [0.15, 0.2) is 24.3 Å². The van der Waals surface area contributed by atoms with Gasteiger partial charge in [0.1, 0.15) is 18.2 Å². The van der Waals surface area contributed by atoms with Gasteiger partial charge in [-0.2, -0.15) is 0 Å². The lowest BCUT2D eigenvalue weighted by Crippen LogP contribution is -2.38. The topological polar surface area (TPSA) is 24.5 Å². The van der Waals surface area contributed by atoms with Crippen LogP contribution in [0.2, 0.25) is 0 Å². The lowest BCUT2D eigenvalue weighted by molar-refractivity contribution is 0.154. The quantitative estimate of drug-likeness (QED) is 0.874. The number of hydrogen-bond donors (Lipinski definition) is 1. The van der Waals surface area contributed by atoms with Gasteiger partial charge in [0.05, 0.1) is 0 Å². The molecule has 0 bridgehead atoms. The van der Waals surface area contributed by atoms with Gasteiger partial charge in [-0.05, 0) is 69.7 Å². The van der Waals surface area contributed by atoms with E-state index in [0.717, 1.165) is 37.8 Å². The molecule has 5 heteroatoms. The lowest BCUT2D eigenvalue weighted by Gasteiger charge is -2.31. The van der Waals surface area contributed by atoms with Crippen molar-refractivity contribution in [3.8, 4) is 5.75 Å². The summed E-state index contributed by atoms with van der Waals surface area (Å²) in [7, 11) is 2.02. The summed E-state index contributed by atoms with van der Waals surface area (Å²) in [6, 6.07) is 6.21. The SMILES string of the molecule is CNCC1CCN(CCOc2ccc(F)cc2)CC1.Cl. The molecule has 0 aromatic heterocycles. The van der Waals surface area contributed by atoms with Crippen LogP contribution in [0.4, 0.5) is 4.39 Å². The fourth-order valence-corrected chi connectivity index (χ4v) is 2.53. The van der Waals surface area contributed by atoms with Crippen LogP contribution in [0.25, 0.3) is 0 Å². The molecule has 3 nitrogen and oxygen atoms in total. The van der Waals surface area contributed by atoms with Crippen LogP contribution in [0.3, 0.4) is 0 Å². The van der Waals surface area contributed by atoms with Gasteiger partial charge in [0.15, 0.2) is 0 Å². The van der Waals surface area contributed by atoms with Crippen LogP contribution in [0, 0.1) is 11.7 Å². The van der Waals surface area contributed by atoms with Crippen molar-refractivity contribution in [3.05, 3.63) is 30.1 Å². The van der Waals surface area contributed by atoms with Crippen LogP contribution in [-0.4, -0.2) is 44.7 Å². The standard InChI is InChI=1S/C15H23FN2O.ClH/c1-17-12-13-6-8-18(9-7-13)10-11-19-15-4-2-14(16)3-5-15;/h2-5,13,17H,6-12H2,1H3;1H. The Morgan fingerprint density at radius 3 is 2.50 bits per heavy atom. The molecule has 0 unspecified atom stereocenters. The number of likely N-dealkylation sites (tertiary alicyclic amines) is 1. The molecular formula is C15H24ClFN2O. The first-order chi connectivity index (χ1) is 9.28. The van der Waals surface area contributed by atoms with Gasteiger partial charge in [-0.3, -0.25) is 4.90 Å². The van der Waals surface area contributed by atoms with Crippen LogP contribution >= 0.6 is 12.4 Å². The zero-order chi connectivity index (χ0) is 13.5. The van der Waals surface area contributed by atoms with Crippen molar-refractivity contribution in [2.24, 2.45) is 5.92 Å². The van der Waals surface area contributed by atoms with E-state index in [1.54, 1.807) is 12.1 Å². The molecule has 1 fully saturated rings. The fourth-order valence-electron chi connectivity index (χ4n) is 2.53. The van der Waals surface area contributed by atoms with E-state index in [1.165, 1.54) is 25.0 Å². The van der Waals surface area contributed by atoms with Crippen molar-refractivity contribution < 1.29 is 9.13 Å². The van der Waals surface area contributed by atoms with Crippen molar-refractivity contribution in [2.75, 3.05) is 39.8 Å². The van der Waals surface area contributed by atoms with E-state index in [2.05, 4.69) is 10.2 Å². The maximum atomic E-state index is 12.7. The highest BCUT2D eigenvalue weighted by Gasteiger charge is 2.18. The maximum Gasteiger partial charge on any atom is 0.123 e. The summed E-state index contributed by atoms with van der Waals surface area (Å²) in [5.74, 6) is 1.34. The van der Waals surface area contributed by atoms with Gasteiger partial charge in [0.25, 0.3) is 0 Å². The predicted octanol–water partition coefficient (Wildman–Crippen LogP) is 2.56. The first-order valence-electron chi connectivity index (χ1n) is 7.03. The van der Waals surface area contributed by atoms with Crippen molar-refractivity contribution in [3.63, 3.8) is 0 Å². The second kappa shape index (κ2) is 9.16. The second-order valence-electron chi connectivity index (χ2n) is 5.15. The second-order valence-corrected chi connectivity index (χ2v) is 5.15. The van der Waals surface area contributed by atoms with Crippen molar-refractivity contribution in [1.82, 2.24) is 10.2 Å². The number of hydrogen-bond acceptors (Lipinski definition) is 3. The average molecular weight is 303 g/mol. The molecule has 20 heavy (non-hydrogen) atoms. The van der Waals surface area contributed by atoms with Gasteiger partial charge >= 0.3 is 0 Å². The molecule has 2 rings (SSSR count). The van der Waals surface area contributed by atoms with Crippen LogP contribution < -0.4 is 10.1 Å². The Morgan fingerprint density at radius 1 is 1.25 bits per heavy atom. The maximum absolute atomic E-state index is 12.7. The van der Waals surface area contributed by atoms with Crippen LogP contribution in [0.1, 0.15) is 12.8 Å². The molecule has 0 saturated carbocycles. The van der Waals surface area contributed by atoms with E-state index in [-0.39, 0.29) is 18.2 Å². The minimum Gasteiger partial charge on any atom is -0.492 e. The van der Waals surface area contributed by atoms with Crippen LogP contribution in [0.5, 0.6) is 5.75 Å². The molecule has 1 aliphatic rings. The monoisotopic (exact) mass is 302 g/mol. The van der Waals surface area contributed by atoms with E-state index in [0.29, 0.717) is 6.61 Å². The Morgan fingerprint density at radius 2 is 1.90 bits per heavy atom. The summed E-state index contributed by atoms with van der Waals surface area (Å²) in [5, 5.41) is 3.25. The van der Waals surface area contributed by atoms with Gasteiger partial charge in [-0.25, -0.2) is 4.39 Å². The summed E-state index contributed by atoms with van der Waals surface area (Å²) in [4.78, 5) is 2.44. The number of nitrogens with zero attached hydrogens (tertiary/aromatic N) is 1. The molecule has 1 aliphatic heterocycles. The Balaban J connectivity index is 0.00000200. The average Bonchev–Trinajstić information content (AvgIpc) is 2.43. The summed E-state index contributed by atoms with van der Waals surface area (Å²) < 4.78 is 18.3. The van der Waals surface area contributed by atoms with Gasteiger partial charge in [0.2, 0.25) is 0 Å². The molecule has 0 aliphatic carbocycles. The van der Waals surface area contributed by atoms with Crippen LogP contribution in [-0.2, 0) is 0 Å². The van der Waals surface area contributed by atoms with Crippen molar-refractivity contribution in [1.29, 1.82) is 0 Å². The molecule has 1 heterocycles. The number of halogens is 2. The minimum atomic E-state index is -0.223. The molecule has 114 valence electrons. The van der Waals surface area contributed by atoms with Gasteiger partial charge < -0.3 is 10.1 Å². The molecule has 1 saturated heterocycles. The van der Waals surface area contributed by atoms with E-state index < -0.39 is 0 Å². The summed E-state index contributed by atoms with van der Waals surface area (Å²) in [6.45, 7) is 5.05. The third-order valence-electron chi connectivity index (χ3n) is 3.69. The van der Waals surface area contributed by atoms with Gasteiger partial charge in [-0.15, -0.1) is 12.4 Å². The summed E-state index contributed by atoms with van der Waals surface area (Å²) in [6.07, 6.45) is 2.52. The van der Waals surface area contributed by atoms with E-state index >= 15 is 0 Å². The highest BCUT2D eigenvalue weighted by atomic mass is 35.5. The number of rotatable bonds is 6. The summed E-state index contributed by atoms with van der Waals surface area (Å²) >= 11 is 0. The zero-order valence-corrected chi connectivity index (χ0v) is 12.8. The van der Waals surface area contributed by atoms with E-state index in [1.807, 2.05) is 7.05 Å². The normalized spacial score (nSPS) is 16.7. The predicted molar refractivity (Wildman–Crippen MR) is 82.2 cm³/mol. The highest BCUT2D eigenvalue weighted by molar-refractivity contribution is 5.85. The Bertz CT molecular complexity index is 367. The van der Waals surface area contributed by atoms with Crippen molar-refractivity contribution in [2.45, 2.75) is 12.8 Å². The zero-order valence-electron chi connectivity index (χ0n) is 12.0. The molecular weight excluding hydrogens is 279 g/mol. The molecule has 1 N–H and O–H groups in total. The third kappa shape index (κ3) is 5.65. The third-order valence-corrected chi connectivity index (χ3v) is 3.69. The first kappa shape index (κ1) is 17.2. The number of benzene rings is 1. The van der Waals surface area contributed by atoms with E-state index in [4.69, 9.17) is 4.74 Å². The lowest BCUT2D eigenvalue weighted by atomic mass is 9.97. The van der Waals surface area contributed by atoms with Crippen molar-refractivity contribution >= 4 is 12.4 Å². The van der Waals surface area contributed by atoms with E-state index in [9.17, 15) is 4.39 Å². The summed E-state index contributed by atoms with van der Waals surface area (Å²) in [5.41, 5.74) is 0. The van der Waals surface area contributed by atoms with Gasteiger partial charge in [-0.1, -0.05) is 0 Å². The molecule has 1 aromatic carbocycles. The molecule has 1 aromatic rings. The molecule has 0 spiro atoms. The minimum absolute atomic E-state index is 0. The smallest absolute Gasteiger partial charge is 0.123 e. The Labute approximate surface area is 126 Å². The molecule has 0 amide bonds. The largest absolute Gasteiger partial charge is 0.492 e. The number of nitrogens with one attached hydrogen (secondary N) is 1.